The third kappa shape index (κ3) is 2.90. The molecule has 0 fully saturated rings. The molecule has 0 atom stereocenters. The summed E-state index contributed by atoms with van der Waals surface area (Å²) in [6.45, 7) is 0.348. The van der Waals surface area contributed by atoms with Crippen molar-refractivity contribution < 1.29 is 14.3 Å². The van der Waals surface area contributed by atoms with E-state index in [2.05, 4.69) is 10.4 Å². The van der Waals surface area contributed by atoms with Gasteiger partial charge in [-0.25, -0.2) is 0 Å². The van der Waals surface area contributed by atoms with Crippen LogP contribution in [0.1, 0.15) is 16.1 Å². The van der Waals surface area contributed by atoms with Gasteiger partial charge in [-0.1, -0.05) is 6.07 Å². The van der Waals surface area contributed by atoms with Crippen LogP contribution in [0.2, 0.25) is 0 Å². The number of benzene rings is 1. The first kappa shape index (κ1) is 13.9. The van der Waals surface area contributed by atoms with E-state index in [0.29, 0.717) is 23.6 Å². The molecule has 0 saturated carbocycles. The van der Waals surface area contributed by atoms with Gasteiger partial charge in [0.1, 0.15) is 17.1 Å². The molecule has 6 heteroatoms. The van der Waals surface area contributed by atoms with E-state index in [-0.39, 0.29) is 5.91 Å². The maximum atomic E-state index is 12.3. The first-order chi connectivity index (χ1) is 9.65. The molecule has 1 aromatic heterocycles. The second kappa shape index (κ2) is 6.10. The van der Waals surface area contributed by atoms with Gasteiger partial charge >= 0.3 is 0 Å². The molecule has 20 heavy (non-hydrogen) atoms. The number of aromatic nitrogens is 2. The molecule has 6 nitrogen and oxygen atoms in total. The van der Waals surface area contributed by atoms with Crippen LogP contribution >= 0.6 is 0 Å². The van der Waals surface area contributed by atoms with Crippen molar-refractivity contribution in [1.82, 2.24) is 15.1 Å². The van der Waals surface area contributed by atoms with Gasteiger partial charge in [0.15, 0.2) is 0 Å². The topological polar surface area (TPSA) is 65.4 Å². The second-order valence-corrected chi connectivity index (χ2v) is 4.20. The van der Waals surface area contributed by atoms with Crippen LogP contribution in [-0.4, -0.2) is 29.9 Å². The number of nitrogens with zero attached hydrogens (tertiary/aromatic N) is 2. The largest absolute Gasteiger partial charge is 0.496 e. The van der Waals surface area contributed by atoms with E-state index < -0.39 is 0 Å². The fourth-order valence-electron chi connectivity index (χ4n) is 1.89. The molecule has 106 valence electrons. The Bertz CT molecular complexity index is 585. The van der Waals surface area contributed by atoms with Gasteiger partial charge in [0.2, 0.25) is 0 Å². The fourth-order valence-corrected chi connectivity index (χ4v) is 1.89. The van der Waals surface area contributed by atoms with Crippen molar-refractivity contribution in [2.75, 3.05) is 14.2 Å². The molecule has 0 radical (unpaired) electrons. The van der Waals surface area contributed by atoms with Crippen LogP contribution in [-0.2, 0) is 13.6 Å². The standard InChI is InChI=1S/C14H17N3O3/c1-17-8-7-10(16-17)9-15-14(18)13-11(19-2)5-4-6-12(13)20-3/h4-8H,9H2,1-3H3,(H,15,18). The molecule has 1 N–H and O–H groups in total. The number of hydrogen-bond donors (Lipinski definition) is 1. The summed E-state index contributed by atoms with van der Waals surface area (Å²) in [5.41, 5.74) is 1.17. The SMILES string of the molecule is COc1cccc(OC)c1C(=O)NCc1ccn(C)n1. The number of carbonyl (C=O) groups excluding carboxylic acids is 1. The number of amides is 1. The van der Waals surface area contributed by atoms with Crippen molar-refractivity contribution in [3.05, 3.63) is 41.7 Å². The van der Waals surface area contributed by atoms with Gasteiger partial charge in [-0.3, -0.25) is 9.48 Å². The molecule has 0 saturated heterocycles. The maximum Gasteiger partial charge on any atom is 0.259 e. The van der Waals surface area contributed by atoms with E-state index in [1.54, 1.807) is 22.9 Å². The van der Waals surface area contributed by atoms with Crippen molar-refractivity contribution in [2.45, 2.75) is 6.54 Å². The zero-order valence-corrected chi connectivity index (χ0v) is 11.7. The lowest BCUT2D eigenvalue weighted by atomic mass is 10.1. The van der Waals surface area contributed by atoms with Crippen LogP contribution in [0.5, 0.6) is 11.5 Å². The summed E-state index contributed by atoms with van der Waals surface area (Å²) in [6.07, 6.45) is 1.82. The average Bonchev–Trinajstić information content (AvgIpc) is 2.89. The van der Waals surface area contributed by atoms with E-state index in [1.165, 1.54) is 14.2 Å². The van der Waals surface area contributed by atoms with E-state index in [9.17, 15) is 4.79 Å². The summed E-state index contributed by atoms with van der Waals surface area (Å²) in [4.78, 5) is 12.3. The van der Waals surface area contributed by atoms with Gasteiger partial charge in [-0.15, -0.1) is 0 Å². The highest BCUT2D eigenvalue weighted by Gasteiger charge is 2.17. The van der Waals surface area contributed by atoms with Crippen molar-refractivity contribution in [3.8, 4) is 11.5 Å². The molecule has 0 aliphatic heterocycles. The minimum absolute atomic E-state index is 0.259. The Morgan fingerprint density at radius 1 is 1.25 bits per heavy atom. The maximum absolute atomic E-state index is 12.3. The van der Waals surface area contributed by atoms with Crippen LogP contribution in [0, 0.1) is 0 Å². The van der Waals surface area contributed by atoms with Crippen LogP contribution < -0.4 is 14.8 Å². The summed E-state index contributed by atoms with van der Waals surface area (Å²) in [5, 5.41) is 7.00. The molecule has 2 rings (SSSR count). The number of methoxy groups -OCH3 is 2. The predicted molar refractivity (Wildman–Crippen MR) is 73.9 cm³/mol. The van der Waals surface area contributed by atoms with Gasteiger partial charge in [-0.2, -0.15) is 5.10 Å². The summed E-state index contributed by atoms with van der Waals surface area (Å²) in [6, 6.07) is 7.06. The molecular formula is C14H17N3O3. The van der Waals surface area contributed by atoms with E-state index in [0.717, 1.165) is 5.69 Å². The molecule has 0 spiro atoms. The Kier molecular flexibility index (Phi) is 4.24. The van der Waals surface area contributed by atoms with Gasteiger partial charge < -0.3 is 14.8 Å². The van der Waals surface area contributed by atoms with Gasteiger partial charge in [0.05, 0.1) is 26.5 Å². The highest BCUT2D eigenvalue weighted by molar-refractivity contribution is 5.99. The first-order valence-corrected chi connectivity index (χ1v) is 6.13. The number of ether oxygens (including phenoxy) is 2. The summed E-state index contributed by atoms with van der Waals surface area (Å²) >= 11 is 0. The van der Waals surface area contributed by atoms with Crippen LogP contribution in [0.25, 0.3) is 0 Å². The lowest BCUT2D eigenvalue weighted by Crippen LogP contribution is -2.24. The van der Waals surface area contributed by atoms with Crippen LogP contribution in [0.15, 0.2) is 30.5 Å². The molecule has 1 aromatic carbocycles. The van der Waals surface area contributed by atoms with E-state index in [1.807, 2.05) is 19.3 Å². The molecule has 1 heterocycles. The minimum Gasteiger partial charge on any atom is -0.496 e. The van der Waals surface area contributed by atoms with Gasteiger partial charge in [0.25, 0.3) is 5.91 Å². The zero-order valence-electron chi connectivity index (χ0n) is 11.7. The fraction of sp³-hybridized carbons (Fsp3) is 0.286. The Balaban J connectivity index is 2.16. The quantitative estimate of drug-likeness (QED) is 0.895. The number of aryl methyl sites for hydroxylation is 1. The Morgan fingerprint density at radius 2 is 1.90 bits per heavy atom. The van der Waals surface area contributed by atoms with Crippen molar-refractivity contribution in [3.63, 3.8) is 0 Å². The third-order valence-electron chi connectivity index (χ3n) is 2.85. The Hall–Kier alpha value is -2.50. The number of nitrogens with one attached hydrogen (secondary N) is 1. The molecule has 2 aromatic rings. The second-order valence-electron chi connectivity index (χ2n) is 4.20. The lowest BCUT2D eigenvalue weighted by Gasteiger charge is -2.12. The van der Waals surface area contributed by atoms with Gasteiger partial charge in [-0.05, 0) is 18.2 Å². The molecule has 0 unspecified atom stereocenters. The Labute approximate surface area is 117 Å². The molecule has 0 aliphatic rings. The zero-order chi connectivity index (χ0) is 14.5. The summed E-state index contributed by atoms with van der Waals surface area (Å²) < 4.78 is 12.1. The number of rotatable bonds is 5. The minimum atomic E-state index is -0.259. The van der Waals surface area contributed by atoms with Crippen LogP contribution in [0.3, 0.4) is 0 Å². The van der Waals surface area contributed by atoms with Crippen molar-refractivity contribution >= 4 is 5.91 Å². The monoisotopic (exact) mass is 275 g/mol. The lowest BCUT2D eigenvalue weighted by molar-refractivity contribution is 0.0944. The smallest absolute Gasteiger partial charge is 0.259 e. The predicted octanol–water partition coefficient (Wildman–Crippen LogP) is 1.37. The summed E-state index contributed by atoms with van der Waals surface area (Å²) in [7, 11) is 4.86. The molecule has 0 aliphatic carbocycles. The summed E-state index contributed by atoms with van der Waals surface area (Å²) in [5.74, 6) is 0.690. The van der Waals surface area contributed by atoms with E-state index in [4.69, 9.17) is 9.47 Å². The number of carbonyl (C=O) groups is 1. The average molecular weight is 275 g/mol. The van der Waals surface area contributed by atoms with Crippen molar-refractivity contribution in [2.24, 2.45) is 7.05 Å². The molecule has 1 amide bonds. The van der Waals surface area contributed by atoms with Crippen LogP contribution in [0.4, 0.5) is 0 Å². The normalized spacial score (nSPS) is 10.2. The molecule has 0 bridgehead atoms. The number of hydrogen-bond acceptors (Lipinski definition) is 4. The Morgan fingerprint density at radius 3 is 2.40 bits per heavy atom. The first-order valence-electron chi connectivity index (χ1n) is 6.13. The third-order valence-corrected chi connectivity index (χ3v) is 2.85. The molecular weight excluding hydrogens is 258 g/mol. The van der Waals surface area contributed by atoms with Gasteiger partial charge in [0, 0.05) is 13.2 Å². The van der Waals surface area contributed by atoms with Crippen molar-refractivity contribution in [1.29, 1.82) is 0 Å². The highest BCUT2D eigenvalue weighted by atomic mass is 16.5. The van der Waals surface area contributed by atoms with E-state index >= 15 is 0 Å². The highest BCUT2D eigenvalue weighted by Crippen LogP contribution is 2.27.